The monoisotopic (exact) mass is 476 g/mol. The van der Waals surface area contributed by atoms with Crippen LogP contribution in [0.5, 0.6) is 5.75 Å². The van der Waals surface area contributed by atoms with Gasteiger partial charge in [-0.1, -0.05) is 31.4 Å². The van der Waals surface area contributed by atoms with Crippen LogP contribution in [0.2, 0.25) is 0 Å². The minimum atomic E-state index is -0.913. The molecule has 0 spiro atoms. The minimum absolute atomic E-state index is 0.325. The first kappa shape index (κ1) is 22.8. The molecule has 6 heteroatoms. The van der Waals surface area contributed by atoms with Crippen molar-refractivity contribution in [3.05, 3.63) is 36.0 Å². The van der Waals surface area contributed by atoms with Crippen molar-refractivity contribution < 1.29 is 19.4 Å². The molecule has 35 heavy (non-hydrogen) atoms. The number of nitrogens with one attached hydrogen (secondary N) is 1. The van der Waals surface area contributed by atoms with Crippen molar-refractivity contribution in [1.82, 2.24) is 10.3 Å². The number of nitrogens with zero attached hydrogens (tertiary/aromatic N) is 1. The standard InChI is InChI=1S/C29H36N2O4/c32-27(31-26(28(33)34)29-14-19-11-20(15-29)13-21(12-19)16-29)23-9-8-22-7-4-10-30-24(22)25(23)35-17-18-5-2-1-3-6-18/h4,7-10,18-21,26H,1-3,5-6,11-17H2,(H,31,32)(H,33,34)/t19-,20+,21?,26-,29?/m1/s1. The summed E-state index contributed by atoms with van der Waals surface area (Å²) >= 11 is 0. The van der Waals surface area contributed by atoms with E-state index < -0.39 is 12.0 Å². The van der Waals surface area contributed by atoms with E-state index in [1.165, 1.54) is 38.5 Å². The summed E-state index contributed by atoms with van der Waals surface area (Å²) in [5.74, 6) is 1.53. The number of amides is 1. The molecule has 5 fully saturated rings. The molecule has 1 atom stereocenters. The molecule has 1 aromatic heterocycles. The largest absolute Gasteiger partial charge is 0.490 e. The predicted molar refractivity (Wildman–Crippen MR) is 133 cm³/mol. The second-order valence-electron chi connectivity index (χ2n) is 11.9. The predicted octanol–water partition coefficient (Wildman–Crippen LogP) is 5.59. The van der Waals surface area contributed by atoms with Gasteiger partial charge in [0, 0.05) is 17.0 Å². The fraction of sp³-hybridized carbons (Fsp3) is 0.621. The number of ether oxygens (including phenoxy) is 1. The smallest absolute Gasteiger partial charge is 0.326 e. The molecule has 1 amide bonds. The van der Waals surface area contributed by atoms with E-state index in [9.17, 15) is 14.7 Å². The zero-order valence-corrected chi connectivity index (χ0v) is 20.4. The summed E-state index contributed by atoms with van der Waals surface area (Å²) in [5.41, 5.74) is 0.731. The zero-order valence-electron chi connectivity index (χ0n) is 20.4. The van der Waals surface area contributed by atoms with Gasteiger partial charge in [0.1, 0.15) is 11.6 Å². The first-order valence-electron chi connectivity index (χ1n) is 13.5. The molecule has 0 aliphatic heterocycles. The number of rotatable bonds is 7. The molecule has 0 saturated heterocycles. The maximum absolute atomic E-state index is 13.7. The second kappa shape index (κ2) is 9.11. The third-order valence-corrected chi connectivity index (χ3v) is 9.38. The summed E-state index contributed by atoms with van der Waals surface area (Å²) in [5, 5.41) is 14.2. The summed E-state index contributed by atoms with van der Waals surface area (Å²) < 4.78 is 6.33. The molecule has 186 valence electrons. The van der Waals surface area contributed by atoms with Crippen LogP contribution in [-0.2, 0) is 4.79 Å². The van der Waals surface area contributed by atoms with E-state index in [1.807, 2.05) is 18.2 Å². The van der Waals surface area contributed by atoms with E-state index in [0.29, 0.717) is 47.1 Å². The van der Waals surface area contributed by atoms with Crippen LogP contribution >= 0.6 is 0 Å². The Morgan fingerprint density at radius 2 is 1.71 bits per heavy atom. The Balaban J connectivity index is 1.29. The van der Waals surface area contributed by atoms with Gasteiger partial charge in [0.25, 0.3) is 5.91 Å². The number of aromatic nitrogens is 1. The summed E-state index contributed by atoms with van der Waals surface area (Å²) in [7, 11) is 0. The number of carboxylic acid groups (broad SMARTS) is 1. The van der Waals surface area contributed by atoms with Crippen molar-refractivity contribution in [1.29, 1.82) is 0 Å². The van der Waals surface area contributed by atoms with Crippen LogP contribution in [-0.4, -0.2) is 34.6 Å². The molecule has 7 rings (SSSR count). The van der Waals surface area contributed by atoms with Crippen LogP contribution in [0.3, 0.4) is 0 Å². The van der Waals surface area contributed by atoms with Gasteiger partial charge in [0.15, 0.2) is 5.75 Å². The molecular weight excluding hydrogens is 440 g/mol. The maximum atomic E-state index is 13.7. The summed E-state index contributed by atoms with van der Waals surface area (Å²) in [6.45, 7) is 0.563. The minimum Gasteiger partial charge on any atom is -0.490 e. The van der Waals surface area contributed by atoms with Gasteiger partial charge in [-0.05, 0) is 87.2 Å². The molecule has 5 aliphatic carbocycles. The molecular formula is C29H36N2O4. The third-order valence-electron chi connectivity index (χ3n) is 9.38. The molecule has 2 N–H and O–H groups in total. The molecule has 2 aromatic rings. The highest BCUT2D eigenvalue weighted by atomic mass is 16.5. The van der Waals surface area contributed by atoms with Crippen molar-refractivity contribution in [3.8, 4) is 5.75 Å². The summed E-state index contributed by atoms with van der Waals surface area (Å²) in [6.07, 6.45) is 14.2. The number of carboxylic acids is 1. The van der Waals surface area contributed by atoms with Crippen molar-refractivity contribution in [2.45, 2.75) is 76.7 Å². The van der Waals surface area contributed by atoms with Gasteiger partial charge in [0.05, 0.1) is 12.2 Å². The van der Waals surface area contributed by atoms with Crippen LogP contribution in [0.25, 0.3) is 10.9 Å². The quantitative estimate of drug-likeness (QED) is 0.544. The van der Waals surface area contributed by atoms with E-state index in [4.69, 9.17) is 4.74 Å². The average Bonchev–Trinajstić information content (AvgIpc) is 2.85. The van der Waals surface area contributed by atoms with Gasteiger partial charge >= 0.3 is 5.97 Å². The number of pyridine rings is 1. The van der Waals surface area contributed by atoms with E-state index in [2.05, 4.69) is 10.3 Å². The van der Waals surface area contributed by atoms with E-state index in [0.717, 1.165) is 37.5 Å². The van der Waals surface area contributed by atoms with E-state index in [-0.39, 0.29) is 11.3 Å². The molecule has 6 nitrogen and oxygen atoms in total. The van der Waals surface area contributed by atoms with Gasteiger partial charge in [0.2, 0.25) is 0 Å². The van der Waals surface area contributed by atoms with Crippen molar-refractivity contribution in [3.63, 3.8) is 0 Å². The number of carbonyl (C=O) groups excluding carboxylic acids is 1. The van der Waals surface area contributed by atoms with Crippen molar-refractivity contribution >= 4 is 22.8 Å². The Hall–Kier alpha value is -2.63. The highest BCUT2D eigenvalue weighted by Gasteiger charge is 2.56. The van der Waals surface area contributed by atoms with Crippen LogP contribution in [0, 0.1) is 29.1 Å². The van der Waals surface area contributed by atoms with Gasteiger partial charge in [-0.15, -0.1) is 0 Å². The zero-order chi connectivity index (χ0) is 24.0. The highest BCUT2D eigenvalue weighted by Crippen LogP contribution is 2.61. The Morgan fingerprint density at radius 1 is 1.03 bits per heavy atom. The Morgan fingerprint density at radius 3 is 2.37 bits per heavy atom. The van der Waals surface area contributed by atoms with Crippen LogP contribution in [0.15, 0.2) is 30.5 Å². The number of benzene rings is 1. The molecule has 5 saturated carbocycles. The molecule has 1 heterocycles. The lowest BCUT2D eigenvalue weighted by Crippen LogP contribution is -2.59. The first-order chi connectivity index (χ1) is 17.0. The van der Waals surface area contributed by atoms with Crippen molar-refractivity contribution in [2.24, 2.45) is 29.1 Å². The number of hydrogen-bond donors (Lipinski definition) is 2. The van der Waals surface area contributed by atoms with E-state index in [1.54, 1.807) is 12.3 Å². The fourth-order valence-corrected chi connectivity index (χ4v) is 8.22. The average molecular weight is 477 g/mol. The summed E-state index contributed by atoms with van der Waals surface area (Å²) in [4.78, 5) is 30.8. The van der Waals surface area contributed by atoms with Gasteiger partial charge < -0.3 is 15.2 Å². The SMILES string of the molecule is O=C(N[C@H](C(=O)O)C12CC3C[C@H](C1)C[C@@H](C3)C2)c1ccc2cccnc2c1OCC1CCCCC1. The molecule has 4 bridgehead atoms. The second-order valence-corrected chi connectivity index (χ2v) is 11.9. The Bertz CT molecular complexity index is 1090. The molecule has 5 aliphatic rings. The fourth-order valence-electron chi connectivity index (χ4n) is 8.22. The van der Waals surface area contributed by atoms with Gasteiger partial charge in [-0.3, -0.25) is 9.78 Å². The van der Waals surface area contributed by atoms with Crippen LogP contribution in [0.1, 0.15) is 81.0 Å². The Kier molecular flexibility index (Phi) is 5.93. The van der Waals surface area contributed by atoms with E-state index >= 15 is 0 Å². The number of carbonyl (C=O) groups is 2. The number of fused-ring (bicyclic) bond motifs is 1. The third kappa shape index (κ3) is 4.30. The van der Waals surface area contributed by atoms with Crippen LogP contribution < -0.4 is 10.1 Å². The van der Waals surface area contributed by atoms with Crippen LogP contribution in [0.4, 0.5) is 0 Å². The lowest BCUT2D eigenvalue weighted by Gasteiger charge is -2.58. The van der Waals surface area contributed by atoms with Gasteiger partial charge in [-0.2, -0.15) is 0 Å². The maximum Gasteiger partial charge on any atom is 0.326 e. The number of aliphatic carboxylic acids is 1. The lowest BCUT2D eigenvalue weighted by atomic mass is 9.47. The lowest BCUT2D eigenvalue weighted by molar-refractivity contribution is -0.150. The first-order valence-corrected chi connectivity index (χ1v) is 13.5. The normalized spacial score (nSPS) is 30.8. The molecule has 0 radical (unpaired) electrons. The molecule has 0 unspecified atom stereocenters. The highest BCUT2D eigenvalue weighted by molar-refractivity contribution is 6.04. The van der Waals surface area contributed by atoms with Gasteiger partial charge in [-0.25, -0.2) is 4.79 Å². The summed E-state index contributed by atoms with van der Waals surface area (Å²) in [6, 6.07) is 6.63. The Labute approximate surface area is 206 Å². The number of hydrogen-bond acceptors (Lipinski definition) is 4. The van der Waals surface area contributed by atoms with Crippen molar-refractivity contribution in [2.75, 3.05) is 6.61 Å². The molecule has 1 aromatic carbocycles. The topological polar surface area (TPSA) is 88.5 Å².